The molecule has 0 atom stereocenters. The number of thiazole rings is 1. The topological polar surface area (TPSA) is 39.2 Å². The summed E-state index contributed by atoms with van der Waals surface area (Å²) >= 11 is 1.48. The van der Waals surface area contributed by atoms with Gasteiger partial charge in [0.25, 0.3) is 6.47 Å². The Kier molecular flexibility index (Phi) is 2.21. The summed E-state index contributed by atoms with van der Waals surface area (Å²) in [5.74, 6) is 0. The first-order valence-corrected chi connectivity index (χ1v) is 3.30. The third kappa shape index (κ3) is 1.81. The summed E-state index contributed by atoms with van der Waals surface area (Å²) in [5.41, 5.74) is 2.50. The average Bonchev–Trinajstić information content (AvgIpc) is 2.34. The molecule has 1 heterocycles. The van der Waals surface area contributed by atoms with Crippen LogP contribution in [0, 0.1) is 0 Å². The van der Waals surface area contributed by atoms with Crippen molar-refractivity contribution < 1.29 is 9.53 Å². The number of carbonyl (C=O) groups is 1. The zero-order valence-corrected chi connectivity index (χ0v) is 5.43. The lowest BCUT2D eigenvalue weighted by Crippen LogP contribution is -1.88. The van der Waals surface area contributed by atoms with E-state index >= 15 is 0 Å². The van der Waals surface area contributed by atoms with Crippen molar-refractivity contribution in [3.8, 4) is 0 Å². The molecule has 1 aromatic rings. The van der Waals surface area contributed by atoms with Crippen LogP contribution in [0.5, 0.6) is 0 Å². The Bertz CT molecular complexity index is 173. The van der Waals surface area contributed by atoms with E-state index in [1.165, 1.54) is 11.3 Å². The van der Waals surface area contributed by atoms with Gasteiger partial charge >= 0.3 is 0 Å². The summed E-state index contributed by atoms with van der Waals surface area (Å²) in [7, 11) is 0. The Morgan fingerprint density at radius 3 is 3.33 bits per heavy atom. The SMILES string of the molecule is O=COCc1cscn1. The van der Waals surface area contributed by atoms with Gasteiger partial charge in [0.2, 0.25) is 0 Å². The molecule has 1 aromatic heterocycles. The average molecular weight is 143 g/mol. The van der Waals surface area contributed by atoms with E-state index in [0.29, 0.717) is 6.47 Å². The van der Waals surface area contributed by atoms with E-state index in [0.717, 1.165) is 5.69 Å². The fraction of sp³-hybridized carbons (Fsp3) is 0.200. The van der Waals surface area contributed by atoms with Gasteiger partial charge in [-0.1, -0.05) is 0 Å². The zero-order valence-electron chi connectivity index (χ0n) is 4.61. The number of hydrogen-bond acceptors (Lipinski definition) is 4. The third-order valence-electron chi connectivity index (χ3n) is 0.783. The summed E-state index contributed by atoms with van der Waals surface area (Å²) in [5, 5.41) is 1.84. The minimum absolute atomic E-state index is 0.285. The Morgan fingerprint density at radius 2 is 2.78 bits per heavy atom. The molecule has 0 aliphatic rings. The lowest BCUT2D eigenvalue weighted by molar-refractivity contribution is -0.129. The summed E-state index contributed by atoms with van der Waals surface area (Å²) in [6, 6.07) is 0. The fourth-order valence-electron chi connectivity index (χ4n) is 0.428. The van der Waals surface area contributed by atoms with Crippen LogP contribution in [0.4, 0.5) is 0 Å². The molecule has 1 rings (SSSR count). The van der Waals surface area contributed by atoms with E-state index < -0.39 is 0 Å². The number of ether oxygens (including phenoxy) is 1. The molecule has 0 aromatic carbocycles. The van der Waals surface area contributed by atoms with E-state index in [9.17, 15) is 4.79 Å². The molecule has 0 spiro atoms. The van der Waals surface area contributed by atoms with Crippen molar-refractivity contribution in [1.82, 2.24) is 4.98 Å². The largest absolute Gasteiger partial charge is 0.461 e. The van der Waals surface area contributed by atoms with Gasteiger partial charge in [0, 0.05) is 5.38 Å². The Hall–Kier alpha value is -0.900. The molecule has 4 heteroatoms. The van der Waals surface area contributed by atoms with E-state index in [2.05, 4.69) is 9.72 Å². The van der Waals surface area contributed by atoms with Crippen molar-refractivity contribution in [2.24, 2.45) is 0 Å². The number of carbonyl (C=O) groups excluding carboxylic acids is 1. The predicted molar refractivity (Wildman–Crippen MR) is 33.0 cm³/mol. The first-order chi connectivity index (χ1) is 4.43. The van der Waals surface area contributed by atoms with Gasteiger partial charge in [-0.2, -0.15) is 0 Å². The van der Waals surface area contributed by atoms with Gasteiger partial charge in [-0.3, -0.25) is 4.79 Å². The standard InChI is InChI=1S/C5H5NO2S/c7-4-8-1-5-2-9-3-6-5/h2-4H,1H2. The number of aromatic nitrogens is 1. The Balaban J connectivity index is 2.38. The summed E-state index contributed by atoms with van der Waals surface area (Å²) < 4.78 is 4.44. The van der Waals surface area contributed by atoms with Gasteiger partial charge in [-0.15, -0.1) is 11.3 Å². The molecule has 48 valence electrons. The minimum Gasteiger partial charge on any atom is -0.461 e. The molecule has 9 heavy (non-hydrogen) atoms. The lowest BCUT2D eigenvalue weighted by Gasteiger charge is -1.89. The number of hydrogen-bond donors (Lipinski definition) is 0. The lowest BCUT2D eigenvalue weighted by atomic mass is 10.5. The summed E-state index contributed by atoms with van der Waals surface area (Å²) in [6.45, 7) is 0.701. The Morgan fingerprint density at radius 1 is 1.89 bits per heavy atom. The third-order valence-corrected chi connectivity index (χ3v) is 1.42. The van der Waals surface area contributed by atoms with Gasteiger partial charge < -0.3 is 4.74 Å². The first-order valence-electron chi connectivity index (χ1n) is 2.36. The van der Waals surface area contributed by atoms with Gasteiger partial charge in [0.15, 0.2) is 0 Å². The molecule has 0 aliphatic carbocycles. The summed E-state index contributed by atoms with van der Waals surface area (Å²) in [4.78, 5) is 13.5. The van der Waals surface area contributed by atoms with Crippen LogP contribution in [-0.2, 0) is 16.1 Å². The normalized spacial score (nSPS) is 8.89. The maximum absolute atomic E-state index is 9.65. The Labute approximate surface area is 56.3 Å². The molecule has 0 saturated carbocycles. The first kappa shape index (κ1) is 6.22. The van der Waals surface area contributed by atoms with Crippen LogP contribution >= 0.6 is 11.3 Å². The van der Waals surface area contributed by atoms with Crippen LogP contribution in [0.3, 0.4) is 0 Å². The maximum atomic E-state index is 9.65. The number of nitrogens with zero attached hydrogens (tertiary/aromatic N) is 1. The highest BCUT2D eigenvalue weighted by Gasteiger charge is 1.91. The molecular formula is C5H5NO2S. The van der Waals surface area contributed by atoms with Crippen molar-refractivity contribution in [2.45, 2.75) is 6.61 Å². The van der Waals surface area contributed by atoms with Gasteiger partial charge in [0.1, 0.15) is 6.61 Å². The fourth-order valence-corrected chi connectivity index (χ4v) is 0.971. The van der Waals surface area contributed by atoms with Crippen molar-refractivity contribution in [2.75, 3.05) is 0 Å². The van der Waals surface area contributed by atoms with E-state index in [4.69, 9.17) is 0 Å². The second-order valence-electron chi connectivity index (χ2n) is 1.39. The second-order valence-corrected chi connectivity index (χ2v) is 2.11. The molecule has 3 nitrogen and oxygen atoms in total. The molecule has 0 radical (unpaired) electrons. The van der Waals surface area contributed by atoms with Crippen LogP contribution < -0.4 is 0 Å². The molecule has 0 bridgehead atoms. The maximum Gasteiger partial charge on any atom is 0.293 e. The molecule has 0 N–H and O–H groups in total. The van der Waals surface area contributed by atoms with Crippen molar-refractivity contribution in [3.05, 3.63) is 16.6 Å². The molecule has 0 amide bonds. The molecule has 0 aliphatic heterocycles. The highest BCUT2D eigenvalue weighted by atomic mass is 32.1. The highest BCUT2D eigenvalue weighted by molar-refractivity contribution is 7.07. The van der Waals surface area contributed by atoms with Crippen LogP contribution in [-0.4, -0.2) is 11.5 Å². The van der Waals surface area contributed by atoms with Crippen molar-refractivity contribution in [1.29, 1.82) is 0 Å². The summed E-state index contributed by atoms with van der Waals surface area (Å²) in [6.07, 6.45) is 0. The van der Waals surface area contributed by atoms with Crippen molar-refractivity contribution in [3.63, 3.8) is 0 Å². The molecular weight excluding hydrogens is 138 g/mol. The van der Waals surface area contributed by atoms with Crippen LogP contribution in [0.2, 0.25) is 0 Å². The van der Waals surface area contributed by atoms with Crippen LogP contribution in [0.1, 0.15) is 5.69 Å². The van der Waals surface area contributed by atoms with Crippen molar-refractivity contribution >= 4 is 17.8 Å². The van der Waals surface area contributed by atoms with E-state index in [-0.39, 0.29) is 6.61 Å². The number of rotatable bonds is 3. The highest BCUT2D eigenvalue weighted by Crippen LogP contribution is 2.00. The second kappa shape index (κ2) is 3.19. The van der Waals surface area contributed by atoms with E-state index in [1.54, 1.807) is 5.51 Å². The quantitative estimate of drug-likeness (QED) is 0.588. The zero-order chi connectivity index (χ0) is 6.53. The van der Waals surface area contributed by atoms with Gasteiger partial charge in [0.05, 0.1) is 11.2 Å². The van der Waals surface area contributed by atoms with Gasteiger partial charge in [-0.25, -0.2) is 4.98 Å². The van der Waals surface area contributed by atoms with E-state index in [1.807, 2.05) is 5.38 Å². The molecule has 0 saturated heterocycles. The van der Waals surface area contributed by atoms with Crippen LogP contribution in [0.25, 0.3) is 0 Å². The minimum atomic E-state index is 0.285. The van der Waals surface area contributed by atoms with Gasteiger partial charge in [-0.05, 0) is 0 Å². The molecule has 0 fully saturated rings. The smallest absolute Gasteiger partial charge is 0.293 e. The predicted octanol–water partition coefficient (Wildman–Crippen LogP) is 0.816. The monoisotopic (exact) mass is 143 g/mol. The molecule has 0 unspecified atom stereocenters. The van der Waals surface area contributed by atoms with Crippen LogP contribution in [0.15, 0.2) is 10.9 Å².